The molecule has 0 radical (unpaired) electrons. The fraction of sp³-hybridized carbons (Fsp3) is 0.467. The molecule has 0 atom stereocenters. The molecule has 0 aromatic carbocycles. The van der Waals surface area contributed by atoms with Crippen LogP contribution in [0.5, 0.6) is 0 Å². The summed E-state index contributed by atoms with van der Waals surface area (Å²) in [6.45, 7) is 6.26. The summed E-state index contributed by atoms with van der Waals surface area (Å²) in [6, 6.07) is 4.19. The number of hydrogen-bond acceptors (Lipinski definition) is 3. The monoisotopic (exact) mass is 258 g/mol. The van der Waals surface area contributed by atoms with Gasteiger partial charge in [0.25, 0.3) is 0 Å². The fourth-order valence-electron chi connectivity index (χ4n) is 2.02. The van der Waals surface area contributed by atoms with Crippen molar-refractivity contribution in [2.24, 2.45) is 0 Å². The summed E-state index contributed by atoms with van der Waals surface area (Å²) in [5, 5.41) is 3.38. The van der Waals surface area contributed by atoms with E-state index in [1.54, 1.807) is 0 Å². The molecule has 0 unspecified atom stereocenters. The van der Waals surface area contributed by atoms with Crippen molar-refractivity contribution >= 4 is 0 Å². The Morgan fingerprint density at radius 3 is 2.74 bits per heavy atom. The minimum atomic E-state index is 0.882. The first-order valence-corrected chi connectivity index (χ1v) is 7.03. The van der Waals surface area contributed by atoms with Gasteiger partial charge in [-0.1, -0.05) is 19.9 Å². The average molecular weight is 258 g/mol. The summed E-state index contributed by atoms with van der Waals surface area (Å²) < 4.78 is 2.06. The summed E-state index contributed by atoms with van der Waals surface area (Å²) in [4.78, 5) is 8.90. The lowest BCUT2D eigenvalue weighted by atomic mass is 10.2. The Kier molecular flexibility index (Phi) is 5.10. The van der Waals surface area contributed by atoms with E-state index >= 15 is 0 Å². The summed E-state index contributed by atoms with van der Waals surface area (Å²) >= 11 is 0. The van der Waals surface area contributed by atoms with Crippen LogP contribution in [-0.4, -0.2) is 21.1 Å². The number of rotatable bonds is 7. The average Bonchev–Trinajstić information content (AvgIpc) is 2.89. The second kappa shape index (κ2) is 7.04. The highest BCUT2D eigenvalue weighted by Crippen LogP contribution is 2.10. The van der Waals surface area contributed by atoms with Gasteiger partial charge in [0.15, 0.2) is 0 Å². The van der Waals surface area contributed by atoms with Gasteiger partial charge in [-0.25, -0.2) is 9.97 Å². The topological polar surface area (TPSA) is 42.7 Å². The number of aromatic nitrogens is 3. The first kappa shape index (κ1) is 13.7. The lowest BCUT2D eigenvalue weighted by Gasteiger charge is -2.07. The Balaban J connectivity index is 2.07. The second-order valence-electron chi connectivity index (χ2n) is 4.66. The summed E-state index contributed by atoms with van der Waals surface area (Å²) in [7, 11) is 0. The molecule has 2 rings (SSSR count). The molecule has 0 amide bonds. The molecule has 4 heteroatoms. The maximum atomic E-state index is 4.53. The SMILES string of the molecule is CCCNCc1ccc(-n2ccnc2CCC)nc1. The molecule has 2 aromatic heterocycles. The quantitative estimate of drug-likeness (QED) is 0.776. The predicted octanol–water partition coefficient (Wildman–Crippen LogP) is 2.72. The van der Waals surface area contributed by atoms with E-state index in [2.05, 4.69) is 45.8 Å². The molecule has 0 fully saturated rings. The highest BCUT2D eigenvalue weighted by molar-refractivity contribution is 5.27. The van der Waals surface area contributed by atoms with E-state index in [9.17, 15) is 0 Å². The standard InChI is InChI=1S/C15H22N4/c1-3-5-14-17-9-10-19(14)15-7-6-13(12-18-15)11-16-8-4-2/h6-7,9-10,12,16H,3-5,8,11H2,1-2H3. The molecule has 0 saturated carbocycles. The predicted molar refractivity (Wildman–Crippen MR) is 77.4 cm³/mol. The van der Waals surface area contributed by atoms with E-state index in [1.807, 2.05) is 18.6 Å². The number of pyridine rings is 1. The van der Waals surface area contributed by atoms with Crippen LogP contribution in [0.25, 0.3) is 5.82 Å². The third-order valence-corrected chi connectivity index (χ3v) is 3.00. The van der Waals surface area contributed by atoms with Gasteiger partial charge in [-0.05, 0) is 31.0 Å². The highest BCUT2D eigenvalue weighted by atomic mass is 15.1. The van der Waals surface area contributed by atoms with Crippen LogP contribution in [0.4, 0.5) is 0 Å². The maximum Gasteiger partial charge on any atom is 0.137 e. The maximum absolute atomic E-state index is 4.53. The van der Waals surface area contributed by atoms with Crippen LogP contribution in [0.1, 0.15) is 38.1 Å². The third kappa shape index (κ3) is 3.64. The van der Waals surface area contributed by atoms with Gasteiger partial charge in [0.1, 0.15) is 11.6 Å². The van der Waals surface area contributed by atoms with E-state index in [-0.39, 0.29) is 0 Å². The Bertz CT molecular complexity index is 487. The van der Waals surface area contributed by atoms with Gasteiger partial charge in [-0.2, -0.15) is 0 Å². The molecule has 0 bridgehead atoms. The van der Waals surface area contributed by atoms with E-state index < -0.39 is 0 Å². The number of hydrogen-bond donors (Lipinski definition) is 1. The van der Waals surface area contributed by atoms with Gasteiger partial charge in [0.05, 0.1) is 0 Å². The summed E-state index contributed by atoms with van der Waals surface area (Å²) in [6.07, 6.45) is 8.98. The Labute approximate surface area is 114 Å². The minimum absolute atomic E-state index is 0.882. The van der Waals surface area contributed by atoms with Crippen molar-refractivity contribution in [2.75, 3.05) is 6.54 Å². The lowest BCUT2D eigenvalue weighted by Crippen LogP contribution is -2.14. The molecule has 19 heavy (non-hydrogen) atoms. The molecule has 2 heterocycles. The highest BCUT2D eigenvalue weighted by Gasteiger charge is 2.04. The van der Waals surface area contributed by atoms with Gasteiger partial charge in [0, 0.05) is 31.6 Å². The molecular weight excluding hydrogens is 236 g/mol. The first-order valence-electron chi connectivity index (χ1n) is 7.03. The number of aryl methyl sites for hydroxylation is 1. The van der Waals surface area contributed by atoms with E-state index in [0.717, 1.165) is 44.0 Å². The van der Waals surface area contributed by atoms with E-state index in [0.29, 0.717) is 0 Å². The van der Waals surface area contributed by atoms with Gasteiger partial charge < -0.3 is 5.32 Å². The summed E-state index contributed by atoms with van der Waals surface area (Å²) in [5.41, 5.74) is 1.22. The normalized spacial score (nSPS) is 10.8. The Morgan fingerprint density at radius 2 is 2.05 bits per heavy atom. The van der Waals surface area contributed by atoms with Gasteiger partial charge in [-0.15, -0.1) is 0 Å². The molecule has 0 aliphatic heterocycles. The van der Waals surface area contributed by atoms with Crippen LogP contribution in [0, 0.1) is 0 Å². The van der Waals surface area contributed by atoms with Crippen LogP contribution in [0.15, 0.2) is 30.7 Å². The van der Waals surface area contributed by atoms with Crippen molar-refractivity contribution < 1.29 is 0 Å². The van der Waals surface area contributed by atoms with Crippen LogP contribution in [0.3, 0.4) is 0 Å². The van der Waals surface area contributed by atoms with Crippen molar-refractivity contribution in [2.45, 2.75) is 39.7 Å². The lowest BCUT2D eigenvalue weighted by molar-refractivity contribution is 0.673. The zero-order valence-corrected chi connectivity index (χ0v) is 11.8. The van der Waals surface area contributed by atoms with Crippen molar-refractivity contribution in [3.05, 3.63) is 42.1 Å². The summed E-state index contributed by atoms with van der Waals surface area (Å²) in [5.74, 6) is 2.02. The van der Waals surface area contributed by atoms with Gasteiger partial charge >= 0.3 is 0 Å². The van der Waals surface area contributed by atoms with Gasteiger partial charge in [0.2, 0.25) is 0 Å². The zero-order valence-electron chi connectivity index (χ0n) is 11.8. The Morgan fingerprint density at radius 1 is 1.16 bits per heavy atom. The van der Waals surface area contributed by atoms with Gasteiger partial charge in [-0.3, -0.25) is 4.57 Å². The largest absolute Gasteiger partial charge is 0.313 e. The fourth-order valence-corrected chi connectivity index (χ4v) is 2.02. The molecule has 0 aliphatic rings. The van der Waals surface area contributed by atoms with Crippen molar-refractivity contribution in [1.29, 1.82) is 0 Å². The smallest absolute Gasteiger partial charge is 0.137 e. The van der Waals surface area contributed by atoms with Crippen LogP contribution in [-0.2, 0) is 13.0 Å². The van der Waals surface area contributed by atoms with Crippen molar-refractivity contribution in [1.82, 2.24) is 19.9 Å². The molecule has 0 saturated heterocycles. The molecule has 1 N–H and O–H groups in total. The number of imidazole rings is 1. The molecule has 0 spiro atoms. The number of nitrogens with one attached hydrogen (secondary N) is 1. The first-order chi connectivity index (χ1) is 9.35. The van der Waals surface area contributed by atoms with Crippen molar-refractivity contribution in [3.8, 4) is 5.82 Å². The molecule has 2 aromatic rings. The van der Waals surface area contributed by atoms with E-state index in [4.69, 9.17) is 0 Å². The molecule has 4 nitrogen and oxygen atoms in total. The molecule has 0 aliphatic carbocycles. The zero-order chi connectivity index (χ0) is 13.5. The van der Waals surface area contributed by atoms with Crippen LogP contribution < -0.4 is 5.32 Å². The van der Waals surface area contributed by atoms with Crippen LogP contribution in [0.2, 0.25) is 0 Å². The minimum Gasteiger partial charge on any atom is -0.313 e. The second-order valence-corrected chi connectivity index (χ2v) is 4.66. The number of nitrogens with zero attached hydrogens (tertiary/aromatic N) is 3. The van der Waals surface area contributed by atoms with E-state index in [1.165, 1.54) is 5.56 Å². The molecule has 102 valence electrons. The van der Waals surface area contributed by atoms with Crippen molar-refractivity contribution in [3.63, 3.8) is 0 Å². The van der Waals surface area contributed by atoms with Crippen LogP contribution >= 0.6 is 0 Å². The molecular formula is C15H22N4. The Hall–Kier alpha value is -1.68. The third-order valence-electron chi connectivity index (χ3n) is 3.00.